The van der Waals surface area contributed by atoms with E-state index < -0.39 is 17.5 Å². The quantitative estimate of drug-likeness (QED) is 0.605. The topological polar surface area (TPSA) is 63.7 Å². The van der Waals surface area contributed by atoms with Crippen LogP contribution in [0.1, 0.15) is 0 Å². The number of H-pyrrole nitrogens is 1. The molecule has 0 unspecified atom stereocenters. The molecule has 0 bridgehead atoms. The molecule has 25 heavy (non-hydrogen) atoms. The average Bonchev–Trinajstić information content (AvgIpc) is 3.01. The molecule has 0 radical (unpaired) electrons. The van der Waals surface area contributed by atoms with Crippen LogP contribution in [0.25, 0.3) is 22.3 Å². The number of halogens is 3. The fourth-order valence-corrected chi connectivity index (χ4v) is 2.36. The Morgan fingerprint density at radius 3 is 2.60 bits per heavy atom. The third-order valence-corrected chi connectivity index (χ3v) is 3.53. The fourth-order valence-electron chi connectivity index (χ4n) is 2.36. The van der Waals surface area contributed by atoms with Crippen LogP contribution in [0, 0.1) is 17.5 Å². The zero-order valence-electron chi connectivity index (χ0n) is 12.5. The molecule has 0 saturated heterocycles. The molecule has 0 atom stereocenters. The molecule has 2 aromatic carbocycles. The predicted octanol–water partition coefficient (Wildman–Crippen LogP) is 4.23. The summed E-state index contributed by atoms with van der Waals surface area (Å²) < 4.78 is 45.7. The monoisotopic (exact) mass is 342 g/mol. The summed E-state index contributed by atoms with van der Waals surface area (Å²) in [5.74, 6) is -2.23. The molecule has 8 heteroatoms. The molecule has 0 fully saturated rings. The smallest absolute Gasteiger partial charge is 0.324 e. The number of rotatable bonds is 3. The molecule has 0 aliphatic heterocycles. The molecule has 0 aliphatic rings. The summed E-state index contributed by atoms with van der Waals surface area (Å²) in [5.41, 5.74) is 0.977. The minimum atomic E-state index is -0.877. The third-order valence-electron chi connectivity index (χ3n) is 3.53. The van der Waals surface area contributed by atoms with Crippen LogP contribution in [0.5, 0.6) is 11.8 Å². The van der Waals surface area contributed by atoms with Crippen molar-refractivity contribution in [3.05, 3.63) is 66.1 Å². The molecule has 2 heterocycles. The Kier molecular flexibility index (Phi) is 3.57. The molecule has 0 saturated carbocycles. The highest BCUT2D eigenvalue weighted by Gasteiger charge is 2.15. The summed E-state index contributed by atoms with van der Waals surface area (Å²) in [4.78, 5) is 8.03. The maximum atomic E-state index is 13.9. The van der Waals surface area contributed by atoms with E-state index in [1.165, 1.54) is 12.3 Å². The highest BCUT2D eigenvalue weighted by molar-refractivity contribution is 5.90. The number of nitrogens with one attached hydrogen (secondary N) is 1. The number of hydrogen-bond acceptors (Lipinski definition) is 4. The zero-order valence-corrected chi connectivity index (χ0v) is 12.5. The van der Waals surface area contributed by atoms with E-state index in [1.54, 1.807) is 18.2 Å². The van der Waals surface area contributed by atoms with Gasteiger partial charge in [0.25, 0.3) is 0 Å². The van der Waals surface area contributed by atoms with Crippen LogP contribution in [-0.2, 0) is 0 Å². The lowest BCUT2D eigenvalue weighted by molar-refractivity contribution is 0.409. The first-order valence-corrected chi connectivity index (χ1v) is 7.21. The second kappa shape index (κ2) is 5.90. The second-order valence-corrected chi connectivity index (χ2v) is 5.15. The summed E-state index contributed by atoms with van der Waals surface area (Å²) in [6.07, 6.45) is 1.39. The molecular formula is C17H9F3N4O. The Morgan fingerprint density at radius 1 is 0.960 bits per heavy atom. The van der Waals surface area contributed by atoms with Gasteiger partial charge < -0.3 is 4.74 Å². The summed E-state index contributed by atoms with van der Waals surface area (Å²) in [6, 6.07) is 8.92. The van der Waals surface area contributed by atoms with Gasteiger partial charge in [-0.05, 0) is 24.3 Å². The molecule has 4 aromatic rings. The van der Waals surface area contributed by atoms with Gasteiger partial charge in [0.15, 0.2) is 17.2 Å². The van der Waals surface area contributed by atoms with Gasteiger partial charge in [-0.3, -0.25) is 5.10 Å². The van der Waals surface area contributed by atoms with Gasteiger partial charge in [0.2, 0.25) is 0 Å². The number of ether oxygens (including phenoxy) is 1. The molecule has 0 spiro atoms. The third kappa shape index (κ3) is 2.78. The SMILES string of the molecule is Fc1ccc(Oc2ncc3c(-c4ccccc4F)[nH]nc3n2)c(F)c1. The summed E-state index contributed by atoms with van der Waals surface area (Å²) >= 11 is 0. The van der Waals surface area contributed by atoms with Gasteiger partial charge in [0, 0.05) is 17.8 Å². The zero-order chi connectivity index (χ0) is 17.4. The molecule has 0 aliphatic carbocycles. The van der Waals surface area contributed by atoms with Crippen LogP contribution >= 0.6 is 0 Å². The highest BCUT2D eigenvalue weighted by Crippen LogP contribution is 2.29. The highest BCUT2D eigenvalue weighted by atomic mass is 19.1. The van der Waals surface area contributed by atoms with Crippen molar-refractivity contribution in [2.45, 2.75) is 0 Å². The van der Waals surface area contributed by atoms with Crippen LogP contribution in [0.15, 0.2) is 48.7 Å². The van der Waals surface area contributed by atoms with Crippen molar-refractivity contribution in [2.75, 3.05) is 0 Å². The molecule has 4 rings (SSSR count). The number of nitrogens with zero attached hydrogens (tertiary/aromatic N) is 3. The predicted molar refractivity (Wildman–Crippen MR) is 83.5 cm³/mol. The normalized spacial score (nSPS) is 11.0. The summed E-state index contributed by atoms with van der Waals surface area (Å²) in [7, 11) is 0. The van der Waals surface area contributed by atoms with Gasteiger partial charge in [-0.2, -0.15) is 10.1 Å². The van der Waals surface area contributed by atoms with E-state index in [0.29, 0.717) is 22.7 Å². The first kappa shape index (κ1) is 15.1. The van der Waals surface area contributed by atoms with Crippen molar-refractivity contribution >= 4 is 11.0 Å². The summed E-state index contributed by atoms with van der Waals surface area (Å²) in [5, 5.41) is 7.19. The van der Waals surface area contributed by atoms with E-state index in [4.69, 9.17) is 4.74 Å². The van der Waals surface area contributed by atoms with Gasteiger partial charge in [0.1, 0.15) is 11.6 Å². The van der Waals surface area contributed by atoms with E-state index in [-0.39, 0.29) is 17.4 Å². The van der Waals surface area contributed by atoms with Crippen molar-refractivity contribution in [3.63, 3.8) is 0 Å². The number of benzene rings is 2. The Morgan fingerprint density at radius 2 is 1.80 bits per heavy atom. The van der Waals surface area contributed by atoms with Crippen LogP contribution < -0.4 is 4.74 Å². The lowest BCUT2D eigenvalue weighted by Gasteiger charge is -2.04. The maximum absolute atomic E-state index is 13.9. The van der Waals surface area contributed by atoms with E-state index in [1.807, 2.05) is 0 Å². The maximum Gasteiger partial charge on any atom is 0.324 e. The van der Waals surface area contributed by atoms with Crippen molar-refractivity contribution in [2.24, 2.45) is 0 Å². The van der Waals surface area contributed by atoms with Gasteiger partial charge >= 0.3 is 6.01 Å². The van der Waals surface area contributed by atoms with Crippen molar-refractivity contribution < 1.29 is 17.9 Å². The van der Waals surface area contributed by atoms with E-state index in [0.717, 1.165) is 12.1 Å². The minimum absolute atomic E-state index is 0.162. The lowest BCUT2D eigenvalue weighted by atomic mass is 10.1. The molecule has 124 valence electrons. The first-order valence-electron chi connectivity index (χ1n) is 7.21. The van der Waals surface area contributed by atoms with Crippen molar-refractivity contribution in [1.29, 1.82) is 0 Å². The van der Waals surface area contributed by atoms with Crippen LogP contribution in [0.4, 0.5) is 13.2 Å². The molecule has 0 amide bonds. The average molecular weight is 342 g/mol. The van der Waals surface area contributed by atoms with Crippen LogP contribution in [-0.4, -0.2) is 20.2 Å². The Labute approximate surface area is 139 Å². The molecule has 5 nitrogen and oxygen atoms in total. The number of aromatic nitrogens is 4. The number of hydrogen-bond donors (Lipinski definition) is 1. The molecule has 2 aromatic heterocycles. The van der Waals surface area contributed by atoms with Crippen LogP contribution in [0.2, 0.25) is 0 Å². The Hall–Kier alpha value is -3.42. The van der Waals surface area contributed by atoms with Crippen molar-refractivity contribution in [3.8, 4) is 23.0 Å². The largest absolute Gasteiger partial charge is 0.421 e. The van der Waals surface area contributed by atoms with E-state index in [9.17, 15) is 13.2 Å². The van der Waals surface area contributed by atoms with Gasteiger partial charge in [0.05, 0.1) is 11.1 Å². The molecular weight excluding hydrogens is 333 g/mol. The van der Waals surface area contributed by atoms with E-state index >= 15 is 0 Å². The lowest BCUT2D eigenvalue weighted by Crippen LogP contribution is -1.94. The Balaban J connectivity index is 1.71. The molecule has 1 N–H and O–H groups in total. The number of fused-ring (bicyclic) bond motifs is 1. The van der Waals surface area contributed by atoms with Gasteiger partial charge in [-0.25, -0.2) is 18.2 Å². The van der Waals surface area contributed by atoms with Gasteiger partial charge in [-0.1, -0.05) is 12.1 Å². The summed E-state index contributed by atoms with van der Waals surface area (Å²) in [6.45, 7) is 0. The van der Waals surface area contributed by atoms with E-state index in [2.05, 4.69) is 20.2 Å². The first-order chi connectivity index (χ1) is 12.1. The van der Waals surface area contributed by atoms with Gasteiger partial charge in [-0.15, -0.1) is 0 Å². The fraction of sp³-hybridized carbons (Fsp3) is 0. The standard InChI is InChI=1S/C17H9F3N4O/c18-9-5-6-14(13(20)7-9)25-17-21-8-11-15(23-24-16(11)22-17)10-3-1-2-4-12(10)19/h1-8H,(H,21,22,23,24). The number of aromatic amines is 1. The van der Waals surface area contributed by atoms with Crippen molar-refractivity contribution in [1.82, 2.24) is 20.2 Å². The Bertz CT molecular complexity index is 1080. The minimum Gasteiger partial charge on any atom is -0.421 e. The second-order valence-electron chi connectivity index (χ2n) is 5.15. The van der Waals surface area contributed by atoms with Crippen LogP contribution in [0.3, 0.4) is 0 Å².